The Bertz CT molecular complexity index is 589. The number of nitrogens with one attached hydrogen (secondary N) is 1. The van der Waals surface area contributed by atoms with Gasteiger partial charge in [0.15, 0.2) is 9.84 Å². The van der Waals surface area contributed by atoms with Gasteiger partial charge in [0, 0.05) is 5.69 Å². The van der Waals surface area contributed by atoms with Crippen LogP contribution in [0.25, 0.3) is 0 Å². The van der Waals surface area contributed by atoms with Crippen LogP contribution in [-0.4, -0.2) is 43.0 Å². The summed E-state index contributed by atoms with van der Waals surface area (Å²) in [6.45, 7) is -0.474. The maximum atomic E-state index is 11.6. The van der Waals surface area contributed by atoms with Crippen molar-refractivity contribution in [3.8, 4) is 6.07 Å². The van der Waals surface area contributed by atoms with E-state index in [0.717, 1.165) is 0 Å². The maximum absolute atomic E-state index is 11.6. The molecule has 19 heavy (non-hydrogen) atoms. The first-order valence-electron chi connectivity index (χ1n) is 5.23. The maximum Gasteiger partial charge on any atom is 0.341 e. The van der Waals surface area contributed by atoms with Crippen LogP contribution in [0.4, 0.5) is 5.69 Å². The highest BCUT2D eigenvalue weighted by molar-refractivity contribution is 7.91. The van der Waals surface area contributed by atoms with Crippen LogP contribution in [0.2, 0.25) is 0 Å². The molecule has 0 amide bonds. The minimum atomic E-state index is -3.54. The summed E-state index contributed by atoms with van der Waals surface area (Å²) >= 11 is 0. The molecule has 8 heteroatoms. The molecule has 1 aromatic carbocycles. The molecule has 0 aliphatic rings. The molecule has 1 atom stereocenters. The number of hydrogen-bond donors (Lipinski definition) is 3. The molecule has 3 N–H and O–H groups in total. The van der Waals surface area contributed by atoms with Crippen molar-refractivity contribution < 1.29 is 23.4 Å². The molecular weight excluding hydrogens is 272 g/mol. The summed E-state index contributed by atoms with van der Waals surface area (Å²) in [6, 6.07) is 5.43. The molecule has 1 unspecified atom stereocenters. The lowest BCUT2D eigenvalue weighted by Crippen LogP contribution is -2.27. The largest absolute Gasteiger partial charge is 0.479 e. The van der Waals surface area contributed by atoms with Gasteiger partial charge in [-0.25, -0.2) is 13.2 Å². The Morgan fingerprint density at radius 3 is 2.37 bits per heavy atom. The first-order chi connectivity index (χ1) is 8.90. The lowest BCUT2D eigenvalue weighted by Gasteiger charge is -2.09. The second-order valence-corrected chi connectivity index (χ2v) is 5.72. The first kappa shape index (κ1) is 14.9. The molecule has 1 rings (SSSR count). The molecule has 0 saturated carbocycles. The number of sulfone groups is 1. The van der Waals surface area contributed by atoms with Crippen molar-refractivity contribution >= 4 is 21.5 Å². The summed E-state index contributed by atoms with van der Waals surface area (Å²) in [6.07, 6.45) is 0. The van der Waals surface area contributed by atoms with Crippen LogP contribution in [0, 0.1) is 11.3 Å². The van der Waals surface area contributed by atoms with Gasteiger partial charge in [-0.15, -0.1) is 0 Å². The minimum absolute atomic E-state index is 0.0240. The number of nitriles is 1. The van der Waals surface area contributed by atoms with E-state index in [9.17, 15) is 13.2 Å². The van der Waals surface area contributed by atoms with E-state index in [1.54, 1.807) is 6.07 Å². The highest BCUT2D eigenvalue weighted by atomic mass is 32.2. The van der Waals surface area contributed by atoms with Crippen molar-refractivity contribution in [3.05, 3.63) is 24.3 Å². The quantitative estimate of drug-likeness (QED) is 0.662. The van der Waals surface area contributed by atoms with Gasteiger partial charge in [-0.1, -0.05) is 0 Å². The third-order valence-corrected chi connectivity index (χ3v) is 3.97. The normalized spacial score (nSPS) is 12.4. The molecule has 0 radical (unpaired) electrons. The van der Waals surface area contributed by atoms with Crippen molar-refractivity contribution in [3.63, 3.8) is 0 Å². The van der Waals surface area contributed by atoms with Gasteiger partial charge in [-0.3, -0.25) is 0 Å². The molecule has 0 bridgehead atoms. The Morgan fingerprint density at radius 2 is 1.95 bits per heavy atom. The number of aliphatic hydroxyl groups excluding tert-OH is 1. The summed E-state index contributed by atoms with van der Waals surface area (Å²) in [5.74, 6) is -1.70. The fourth-order valence-corrected chi connectivity index (χ4v) is 2.34. The Labute approximate surface area is 110 Å². The number of aliphatic hydroxyl groups is 1. The standard InChI is InChI=1S/C11H12N2O5S/c12-7-10(11(15)16)13-8-1-3-9(4-2-8)19(17,18)6-5-14/h1-4,10,13-14H,5-6H2,(H,15,16). The number of hydrogen-bond acceptors (Lipinski definition) is 6. The van der Waals surface area contributed by atoms with Crippen LogP contribution >= 0.6 is 0 Å². The van der Waals surface area contributed by atoms with Crippen molar-refractivity contribution in [2.24, 2.45) is 0 Å². The molecule has 0 aromatic heterocycles. The van der Waals surface area contributed by atoms with Crippen LogP contribution < -0.4 is 5.32 Å². The van der Waals surface area contributed by atoms with Gasteiger partial charge >= 0.3 is 5.97 Å². The summed E-state index contributed by atoms with van der Waals surface area (Å²) < 4.78 is 23.2. The molecule has 0 aliphatic heterocycles. The Hall–Kier alpha value is -2.11. The third-order valence-electron chi connectivity index (χ3n) is 2.26. The topological polar surface area (TPSA) is 127 Å². The number of aliphatic carboxylic acids is 1. The number of carboxylic acids is 1. The lowest BCUT2D eigenvalue weighted by molar-refractivity contribution is -0.136. The average molecular weight is 284 g/mol. The van der Waals surface area contributed by atoms with Gasteiger partial charge in [0.25, 0.3) is 0 Å². The van der Waals surface area contributed by atoms with Gasteiger partial charge in [-0.05, 0) is 24.3 Å². The van der Waals surface area contributed by atoms with Gasteiger partial charge in [0.2, 0.25) is 6.04 Å². The predicted molar refractivity (Wildman–Crippen MR) is 66.2 cm³/mol. The molecule has 7 nitrogen and oxygen atoms in total. The molecule has 0 heterocycles. The van der Waals surface area contributed by atoms with Gasteiger partial charge in [0.05, 0.1) is 23.3 Å². The summed E-state index contributed by atoms with van der Waals surface area (Å²) in [4.78, 5) is 10.7. The second-order valence-electron chi connectivity index (χ2n) is 3.61. The Morgan fingerprint density at radius 1 is 1.37 bits per heavy atom. The van der Waals surface area contributed by atoms with E-state index in [0.29, 0.717) is 5.69 Å². The molecule has 1 aromatic rings. The second kappa shape index (κ2) is 6.17. The number of carbonyl (C=O) groups is 1. The Kier molecular flexibility index (Phi) is 4.86. The molecule has 102 valence electrons. The van der Waals surface area contributed by atoms with Crippen LogP contribution in [0.3, 0.4) is 0 Å². The highest BCUT2D eigenvalue weighted by Gasteiger charge is 2.17. The molecule has 0 aliphatic carbocycles. The van der Waals surface area contributed by atoms with Crippen molar-refractivity contribution in [1.29, 1.82) is 5.26 Å². The van der Waals surface area contributed by atoms with E-state index in [4.69, 9.17) is 15.5 Å². The smallest absolute Gasteiger partial charge is 0.341 e. The number of anilines is 1. The van der Waals surface area contributed by atoms with Crippen LogP contribution in [0.1, 0.15) is 0 Å². The van der Waals surface area contributed by atoms with Crippen LogP contribution in [0.15, 0.2) is 29.2 Å². The van der Waals surface area contributed by atoms with Gasteiger partial charge in [0.1, 0.15) is 0 Å². The fraction of sp³-hybridized carbons (Fsp3) is 0.273. The van der Waals surface area contributed by atoms with E-state index in [1.807, 2.05) is 0 Å². The number of nitrogens with zero attached hydrogens (tertiary/aromatic N) is 1. The Balaban J connectivity index is 2.89. The SMILES string of the molecule is N#CC(Nc1ccc(S(=O)(=O)CCO)cc1)C(=O)O. The van der Waals surface area contributed by atoms with Crippen molar-refractivity contribution in [2.45, 2.75) is 10.9 Å². The lowest BCUT2D eigenvalue weighted by atomic mass is 10.2. The van der Waals surface area contributed by atoms with Crippen molar-refractivity contribution in [2.75, 3.05) is 17.7 Å². The monoisotopic (exact) mass is 284 g/mol. The minimum Gasteiger partial charge on any atom is -0.479 e. The van der Waals surface area contributed by atoms with Gasteiger partial charge < -0.3 is 15.5 Å². The fourth-order valence-electron chi connectivity index (χ4n) is 1.31. The first-order valence-corrected chi connectivity index (χ1v) is 6.88. The summed E-state index contributed by atoms with van der Waals surface area (Å²) in [5.41, 5.74) is 0.317. The molecule has 0 fully saturated rings. The van der Waals surface area contributed by atoms with E-state index in [-0.39, 0.29) is 10.6 Å². The van der Waals surface area contributed by atoms with E-state index < -0.39 is 28.5 Å². The zero-order valence-corrected chi connectivity index (χ0v) is 10.6. The zero-order chi connectivity index (χ0) is 14.5. The van der Waals surface area contributed by atoms with Crippen molar-refractivity contribution in [1.82, 2.24) is 0 Å². The molecular formula is C11H12N2O5S. The average Bonchev–Trinajstić information content (AvgIpc) is 2.36. The van der Waals surface area contributed by atoms with Crippen LogP contribution in [-0.2, 0) is 14.6 Å². The van der Waals surface area contributed by atoms with Gasteiger partial charge in [-0.2, -0.15) is 5.26 Å². The third kappa shape index (κ3) is 3.94. The predicted octanol–water partition coefficient (Wildman–Crippen LogP) is -0.159. The number of rotatable bonds is 6. The molecule has 0 spiro atoms. The van der Waals surface area contributed by atoms with Crippen LogP contribution in [0.5, 0.6) is 0 Å². The van der Waals surface area contributed by atoms with E-state index in [1.165, 1.54) is 24.3 Å². The summed E-state index contributed by atoms with van der Waals surface area (Å²) in [7, 11) is -3.54. The zero-order valence-electron chi connectivity index (χ0n) is 9.78. The highest BCUT2D eigenvalue weighted by Crippen LogP contribution is 2.16. The molecule has 0 saturated heterocycles. The van der Waals surface area contributed by atoms with E-state index in [2.05, 4.69) is 5.32 Å². The summed E-state index contributed by atoms with van der Waals surface area (Å²) in [5, 5.41) is 28.3. The van der Waals surface area contributed by atoms with E-state index >= 15 is 0 Å². The number of carboxylic acid groups (broad SMARTS) is 1. The number of benzene rings is 1.